The Hall–Kier alpha value is -4.73. The van der Waals surface area contributed by atoms with Crippen molar-refractivity contribution in [2.75, 3.05) is 12.3 Å². The van der Waals surface area contributed by atoms with E-state index in [2.05, 4.69) is 0 Å². The number of carbonyl (C=O) groups is 2. The molecule has 4 aromatic rings. The standard InChI is InChI=1S/C26H22N4O6/c1-30-23(27)21(24(32)29-26(30)34)19(31)13-36-25(33)20-16-8-2-3-10-18(16)28-22-14(6-4-9-17(20)22)12-15-7-5-11-35-15/h2-3,5,7-8,10-12H,4,6,9,13,27H2,1H3,(H,29,32,34)/b14-12-. The number of nitrogen functional groups attached to an aromatic ring is 1. The predicted molar refractivity (Wildman–Crippen MR) is 133 cm³/mol. The Balaban J connectivity index is 1.53. The quantitative estimate of drug-likeness (QED) is 0.323. The molecule has 1 aromatic carbocycles. The maximum atomic E-state index is 13.4. The largest absolute Gasteiger partial charge is 0.465 e. The highest BCUT2D eigenvalue weighted by Crippen LogP contribution is 2.36. The lowest BCUT2D eigenvalue weighted by Gasteiger charge is -2.22. The Morgan fingerprint density at radius 3 is 2.75 bits per heavy atom. The van der Waals surface area contributed by atoms with Gasteiger partial charge in [-0.2, -0.15) is 0 Å². The van der Waals surface area contributed by atoms with Gasteiger partial charge < -0.3 is 14.9 Å². The van der Waals surface area contributed by atoms with Crippen LogP contribution in [0.1, 0.15) is 50.6 Å². The molecule has 0 spiro atoms. The molecule has 0 saturated carbocycles. The molecule has 10 nitrogen and oxygen atoms in total. The lowest BCUT2D eigenvalue weighted by atomic mass is 9.86. The zero-order valence-corrected chi connectivity index (χ0v) is 19.4. The summed E-state index contributed by atoms with van der Waals surface area (Å²) in [6.45, 7) is -0.717. The average Bonchev–Trinajstić information content (AvgIpc) is 3.38. The number of ketones is 1. The van der Waals surface area contributed by atoms with E-state index in [4.69, 9.17) is 19.9 Å². The molecule has 0 atom stereocenters. The molecule has 0 amide bonds. The third kappa shape index (κ3) is 4.02. The predicted octanol–water partition coefficient (Wildman–Crippen LogP) is 2.71. The number of benzene rings is 1. The van der Waals surface area contributed by atoms with Crippen molar-refractivity contribution >= 4 is 40.1 Å². The van der Waals surface area contributed by atoms with Gasteiger partial charge in [-0.15, -0.1) is 0 Å². The summed E-state index contributed by atoms with van der Waals surface area (Å²) in [7, 11) is 1.32. The van der Waals surface area contributed by atoms with Gasteiger partial charge in [0.15, 0.2) is 6.61 Å². The molecule has 0 aliphatic heterocycles. The van der Waals surface area contributed by atoms with Gasteiger partial charge >= 0.3 is 11.7 Å². The fourth-order valence-electron chi connectivity index (χ4n) is 4.44. The highest BCUT2D eigenvalue weighted by atomic mass is 16.5. The number of aromatic nitrogens is 3. The van der Waals surface area contributed by atoms with Crippen molar-refractivity contribution in [1.82, 2.24) is 14.5 Å². The number of rotatable bonds is 5. The summed E-state index contributed by atoms with van der Waals surface area (Å²) in [6, 6.07) is 10.9. The number of H-pyrrole nitrogens is 1. The lowest BCUT2D eigenvalue weighted by molar-refractivity contribution is 0.0475. The Morgan fingerprint density at radius 1 is 1.17 bits per heavy atom. The van der Waals surface area contributed by atoms with Crippen LogP contribution in [-0.2, 0) is 18.2 Å². The second-order valence-corrected chi connectivity index (χ2v) is 8.45. The van der Waals surface area contributed by atoms with E-state index in [-0.39, 0.29) is 5.82 Å². The van der Waals surface area contributed by atoms with Crippen molar-refractivity contribution < 1.29 is 18.7 Å². The van der Waals surface area contributed by atoms with Crippen LogP contribution in [-0.4, -0.2) is 32.9 Å². The normalized spacial score (nSPS) is 14.1. The highest BCUT2D eigenvalue weighted by molar-refractivity contribution is 6.08. The third-order valence-corrected chi connectivity index (χ3v) is 6.22. The number of furan rings is 1. The van der Waals surface area contributed by atoms with Crippen molar-refractivity contribution in [2.45, 2.75) is 19.3 Å². The number of anilines is 1. The average molecular weight is 486 g/mol. The van der Waals surface area contributed by atoms with Crippen LogP contribution in [0.2, 0.25) is 0 Å². The van der Waals surface area contributed by atoms with Crippen LogP contribution in [0.15, 0.2) is 56.7 Å². The minimum absolute atomic E-state index is 0.302. The number of carbonyl (C=O) groups excluding carboxylic acids is 2. The number of allylic oxidation sites excluding steroid dienone is 1. The molecule has 3 heterocycles. The molecule has 0 fully saturated rings. The van der Waals surface area contributed by atoms with E-state index < -0.39 is 35.2 Å². The summed E-state index contributed by atoms with van der Waals surface area (Å²) in [6.07, 6.45) is 5.66. The summed E-state index contributed by atoms with van der Waals surface area (Å²) < 4.78 is 11.8. The number of hydrogen-bond acceptors (Lipinski definition) is 8. The molecule has 0 unspecified atom stereocenters. The topological polar surface area (TPSA) is 150 Å². The van der Waals surface area contributed by atoms with Gasteiger partial charge in [0.25, 0.3) is 5.56 Å². The first-order valence-electron chi connectivity index (χ1n) is 11.3. The van der Waals surface area contributed by atoms with Crippen molar-refractivity contribution in [3.63, 3.8) is 0 Å². The molecule has 36 heavy (non-hydrogen) atoms. The third-order valence-electron chi connectivity index (χ3n) is 6.22. The molecule has 182 valence electrons. The fraction of sp³-hybridized carbons (Fsp3) is 0.192. The summed E-state index contributed by atoms with van der Waals surface area (Å²) in [5.74, 6) is -1.15. The van der Waals surface area contributed by atoms with E-state index in [1.54, 1.807) is 30.5 Å². The lowest BCUT2D eigenvalue weighted by Crippen LogP contribution is -2.35. The number of ether oxygens (including phenoxy) is 1. The Bertz CT molecular complexity index is 1660. The molecular formula is C26H22N4O6. The van der Waals surface area contributed by atoms with Crippen molar-refractivity contribution in [3.05, 3.63) is 91.6 Å². The summed E-state index contributed by atoms with van der Waals surface area (Å²) >= 11 is 0. The number of aromatic amines is 1. The van der Waals surface area contributed by atoms with Gasteiger partial charge in [0, 0.05) is 12.4 Å². The maximum Gasteiger partial charge on any atom is 0.339 e. The number of nitrogens with one attached hydrogen (secondary N) is 1. The molecule has 3 aromatic heterocycles. The number of esters is 1. The molecule has 0 bridgehead atoms. The van der Waals surface area contributed by atoms with Crippen LogP contribution in [0.5, 0.6) is 0 Å². The van der Waals surface area contributed by atoms with E-state index in [0.717, 1.165) is 28.5 Å². The smallest absolute Gasteiger partial charge is 0.339 e. The monoisotopic (exact) mass is 486 g/mol. The van der Waals surface area contributed by atoms with Crippen LogP contribution in [0.3, 0.4) is 0 Å². The Kier molecular flexibility index (Phi) is 5.85. The van der Waals surface area contributed by atoms with Gasteiger partial charge in [-0.05, 0) is 54.7 Å². The fourth-order valence-corrected chi connectivity index (χ4v) is 4.44. The van der Waals surface area contributed by atoms with E-state index in [9.17, 15) is 19.2 Å². The maximum absolute atomic E-state index is 13.4. The van der Waals surface area contributed by atoms with Gasteiger partial charge in [-0.25, -0.2) is 14.6 Å². The van der Waals surface area contributed by atoms with Crippen molar-refractivity contribution in [3.8, 4) is 0 Å². The second kappa shape index (κ2) is 9.14. The first-order chi connectivity index (χ1) is 17.3. The molecular weight excluding hydrogens is 464 g/mol. The summed E-state index contributed by atoms with van der Waals surface area (Å²) in [5.41, 5.74) is 6.98. The van der Waals surface area contributed by atoms with E-state index in [1.165, 1.54) is 7.05 Å². The summed E-state index contributed by atoms with van der Waals surface area (Å²) in [5, 5.41) is 0.604. The second-order valence-electron chi connectivity index (χ2n) is 8.45. The number of nitrogens with two attached hydrogens (primary N) is 1. The SMILES string of the molecule is Cn1c(N)c(C(=O)COC(=O)c2c3c(nc4ccccc24)/C(=C\c2ccco2)CCC3)c(=O)[nH]c1=O. The zero-order chi connectivity index (χ0) is 25.4. The molecule has 0 saturated heterocycles. The van der Waals surface area contributed by atoms with Gasteiger partial charge in [-0.1, -0.05) is 18.2 Å². The van der Waals surface area contributed by atoms with Crippen LogP contribution < -0.4 is 17.0 Å². The molecule has 1 aliphatic carbocycles. The van der Waals surface area contributed by atoms with Gasteiger partial charge in [0.2, 0.25) is 5.78 Å². The number of para-hydroxylation sites is 1. The molecule has 10 heteroatoms. The number of hydrogen-bond donors (Lipinski definition) is 2. The van der Waals surface area contributed by atoms with Crippen molar-refractivity contribution in [1.29, 1.82) is 0 Å². The number of nitrogens with zero attached hydrogens (tertiary/aromatic N) is 2. The van der Waals surface area contributed by atoms with Gasteiger partial charge in [0.05, 0.1) is 23.0 Å². The first-order valence-corrected chi connectivity index (χ1v) is 11.3. The summed E-state index contributed by atoms with van der Waals surface area (Å²) in [4.78, 5) is 56.8. The molecule has 3 N–H and O–H groups in total. The number of pyridine rings is 1. The highest BCUT2D eigenvalue weighted by Gasteiger charge is 2.27. The Labute approximate surface area is 204 Å². The molecule has 0 radical (unpaired) electrons. The van der Waals surface area contributed by atoms with Crippen LogP contribution in [0, 0.1) is 0 Å². The van der Waals surface area contributed by atoms with Crippen molar-refractivity contribution in [2.24, 2.45) is 7.05 Å². The van der Waals surface area contributed by atoms with Crippen LogP contribution in [0.25, 0.3) is 22.6 Å². The first kappa shape index (κ1) is 23.0. The van der Waals surface area contributed by atoms with E-state index in [0.29, 0.717) is 34.3 Å². The number of fused-ring (bicyclic) bond motifs is 2. The number of Topliss-reactive ketones (excluding diaryl/α,β-unsaturated/α-hetero) is 1. The molecule has 1 aliphatic rings. The molecule has 5 rings (SSSR count). The van der Waals surface area contributed by atoms with E-state index in [1.807, 2.05) is 23.2 Å². The van der Waals surface area contributed by atoms with E-state index >= 15 is 0 Å². The van der Waals surface area contributed by atoms with Crippen LogP contribution >= 0.6 is 0 Å². The van der Waals surface area contributed by atoms with Gasteiger partial charge in [-0.3, -0.25) is 19.1 Å². The Morgan fingerprint density at radius 2 is 1.97 bits per heavy atom. The van der Waals surface area contributed by atoms with Crippen LogP contribution in [0.4, 0.5) is 5.82 Å². The minimum atomic E-state index is -0.934. The van der Waals surface area contributed by atoms with Gasteiger partial charge in [0.1, 0.15) is 17.1 Å². The minimum Gasteiger partial charge on any atom is -0.465 e. The zero-order valence-electron chi connectivity index (χ0n) is 19.4.